The van der Waals surface area contributed by atoms with Crippen molar-refractivity contribution in [2.24, 2.45) is 5.92 Å². The van der Waals surface area contributed by atoms with Crippen LogP contribution < -0.4 is 9.04 Å². The van der Waals surface area contributed by atoms with Gasteiger partial charge in [-0.25, -0.2) is 4.98 Å². The molecule has 166 valence electrons. The van der Waals surface area contributed by atoms with Crippen molar-refractivity contribution in [2.75, 3.05) is 10.8 Å². The number of hydrogen-bond donors (Lipinski definition) is 0. The van der Waals surface area contributed by atoms with Gasteiger partial charge in [-0.15, -0.1) is 11.3 Å². The number of aryl methyl sites for hydroxylation is 1. The largest absolute Gasteiger partial charge is 0.487 e. The molecule has 0 aliphatic rings. The van der Waals surface area contributed by atoms with Gasteiger partial charge in [0.1, 0.15) is 12.4 Å². The normalized spacial score (nSPS) is 11.8. The molecular formula is C25H26N2O3S2. The van der Waals surface area contributed by atoms with Crippen LogP contribution in [0.5, 0.6) is 5.75 Å². The number of nitrogens with zero attached hydrogens (tertiary/aromatic N) is 2. The molecule has 4 aromatic rings. The number of rotatable bonds is 8. The molecule has 0 N–H and O–H groups in total. The van der Waals surface area contributed by atoms with E-state index in [9.17, 15) is 8.42 Å². The maximum absolute atomic E-state index is 13.7. The zero-order valence-electron chi connectivity index (χ0n) is 18.4. The number of ether oxygens (including phenoxy) is 1. The van der Waals surface area contributed by atoms with Crippen molar-refractivity contribution < 1.29 is 13.2 Å². The second-order valence-electron chi connectivity index (χ2n) is 8.13. The predicted molar refractivity (Wildman–Crippen MR) is 131 cm³/mol. The number of anilines is 1. The number of thiazole rings is 1. The molecule has 0 atom stereocenters. The lowest BCUT2D eigenvalue weighted by Gasteiger charge is -2.27. The summed E-state index contributed by atoms with van der Waals surface area (Å²) in [6.45, 7) is 6.47. The third kappa shape index (κ3) is 4.79. The smallest absolute Gasteiger partial charge is 0.291 e. The summed E-state index contributed by atoms with van der Waals surface area (Å²) in [7, 11) is -3.84. The summed E-state index contributed by atoms with van der Waals surface area (Å²) in [4.78, 5) is 4.27. The third-order valence-corrected chi connectivity index (χ3v) is 8.10. The van der Waals surface area contributed by atoms with Crippen molar-refractivity contribution in [3.63, 3.8) is 0 Å². The second-order valence-corrected chi connectivity index (χ2v) is 11.0. The first kappa shape index (κ1) is 22.3. The molecule has 5 nitrogen and oxygen atoms in total. The molecule has 0 unspecified atom stereocenters. The predicted octanol–water partition coefficient (Wildman–Crippen LogP) is 6.04. The van der Waals surface area contributed by atoms with Crippen molar-refractivity contribution in [2.45, 2.75) is 31.7 Å². The second kappa shape index (κ2) is 9.30. The summed E-state index contributed by atoms with van der Waals surface area (Å²) >= 11 is 1.14. The average Bonchev–Trinajstić information content (AvgIpc) is 3.23. The van der Waals surface area contributed by atoms with Crippen LogP contribution in [0.15, 0.2) is 76.4 Å². The third-order valence-electron chi connectivity index (χ3n) is 4.97. The lowest BCUT2D eigenvalue weighted by atomic mass is 10.1. The standard InChI is InChI=1S/C25H26N2O3S2/c1-18(2)15-27(32(28,29)25-26-19(3)17-31-25)23-13-21-11-7-8-12-22(21)14-24(23)30-16-20-9-5-4-6-10-20/h4-14,17-18H,15-16H2,1-3H3. The molecular weight excluding hydrogens is 440 g/mol. The van der Waals surface area contributed by atoms with E-state index in [1.165, 1.54) is 4.31 Å². The van der Waals surface area contributed by atoms with Crippen LogP contribution in [0.1, 0.15) is 25.1 Å². The first-order valence-corrected chi connectivity index (χ1v) is 12.8. The Morgan fingerprint density at radius 2 is 1.66 bits per heavy atom. The van der Waals surface area contributed by atoms with Crippen LogP contribution in [-0.2, 0) is 16.6 Å². The highest BCUT2D eigenvalue weighted by atomic mass is 32.2. The van der Waals surface area contributed by atoms with Gasteiger partial charge in [-0.05, 0) is 41.3 Å². The average molecular weight is 467 g/mol. The summed E-state index contributed by atoms with van der Waals surface area (Å²) < 4.78 is 35.1. The van der Waals surface area contributed by atoms with Gasteiger partial charge < -0.3 is 4.74 Å². The van der Waals surface area contributed by atoms with Crippen molar-refractivity contribution in [3.05, 3.63) is 83.4 Å². The monoisotopic (exact) mass is 466 g/mol. The summed E-state index contributed by atoms with van der Waals surface area (Å²) in [6.07, 6.45) is 0. The van der Waals surface area contributed by atoms with Gasteiger partial charge >= 0.3 is 0 Å². The van der Waals surface area contributed by atoms with E-state index in [4.69, 9.17) is 4.74 Å². The topological polar surface area (TPSA) is 59.5 Å². The van der Waals surface area contributed by atoms with Crippen molar-refractivity contribution in [1.29, 1.82) is 0 Å². The maximum atomic E-state index is 13.7. The molecule has 0 radical (unpaired) electrons. The zero-order chi connectivity index (χ0) is 22.7. The highest BCUT2D eigenvalue weighted by molar-refractivity contribution is 7.94. The quantitative estimate of drug-likeness (QED) is 0.318. The van der Waals surface area contributed by atoms with Crippen LogP contribution >= 0.6 is 11.3 Å². The van der Waals surface area contributed by atoms with E-state index in [1.54, 1.807) is 12.3 Å². The molecule has 1 heterocycles. The van der Waals surface area contributed by atoms with E-state index < -0.39 is 10.0 Å². The molecule has 0 spiro atoms. The van der Waals surface area contributed by atoms with Gasteiger partial charge in [0, 0.05) is 17.6 Å². The molecule has 0 bridgehead atoms. The lowest BCUT2D eigenvalue weighted by Crippen LogP contribution is -2.34. The molecule has 32 heavy (non-hydrogen) atoms. The summed E-state index contributed by atoms with van der Waals surface area (Å²) in [5.41, 5.74) is 2.23. The van der Waals surface area contributed by atoms with Gasteiger partial charge in [-0.2, -0.15) is 8.42 Å². The van der Waals surface area contributed by atoms with Gasteiger partial charge in [0.25, 0.3) is 10.0 Å². The molecule has 0 aliphatic heterocycles. The molecule has 0 saturated heterocycles. The van der Waals surface area contributed by atoms with Crippen LogP contribution in [0.25, 0.3) is 10.8 Å². The van der Waals surface area contributed by atoms with E-state index in [1.807, 2.05) is 80.6 Å². The van der Waals surface area contributed by atoms with E-state index in [0.29, 0.717) is 30.3 Å². The summed E-state index contributed by atoms with van der Waals surface area (Å²) in [6, 6.07) is 21.6. The first-order chi connectivity index (χ1) is 15.3. The van der Waals surface area contributed by atoms with Crippen molar-refractivity contribution in [1.82, 2.24) is 4.98 Å². The maximum Gasteiger partial charge on any atom is 0.291 e. The Kier molecular flexibility index (Phi) is 6.48. The van der Waals surface area contributed by atoms with Crippen LogP contribution in [0.4, 0.5) is 5.69 Å². The summed E-state index contributed by atoms with van der Waals surface area (Å²) in [5, 5.41) is 3.70. The molecule has 7 heteroatoms. The van der Waals surface area contributed by atoms with Gasteiger partial charge in [-0.1, -0.05) is 68.4 Å². The van der Waals surface area contributed by atoms with Gasteiger partial charge in [0.15, 0.2) is 0 Å². The van der Waals surface area contributed by atoms with Crippen molar-refractivity contribution in [3.8, 4) is 5.75 Å². The van der Waals surface area contributed by atoms with Crippen LogP contribution in [0, 0.1) is 12.8 Å². The number of benzene rings is 3. The molecule has 0 fully saturated rings. The Hall–Kier alpha value is -2.90. The Morgan fingerprint density at radius 1 is 1.00 bits per heavy atom. The van der Waals surface area contributed by atoms with Crippen LogP contribution in [0.3, 0.4) is 0 Å². The Morgan fingerprint density at radius 3 is 2.28 bits per heavy atom. The minimum atomic E-state index is -3.84. The van der Waals surface area contributed by atoms with Gasteiger partial charge in [-0.3, -0.25) is 4.31 Å². The molecule has 3 aromatic carbocycles. The van der Waals surface area contributed by atoms with E-state index >= 15 is 0 Å². The molecule has 1 aromatic heterocycles. The number of sulfonamides is 1. The number of fused-ring (bicyclic) bond motifs is 1. The Bertz CT molecular complexity index is 1320. The number of hydrogen-bond acceptors (Lipinski definition) is 5. The fourth-order valence-corrected chi connectivity index (χ4v) is 6.22. The SMILES string of the molecule is Cc1csc(S(=O)(=O)N(CC(C)C)c2cc3ccccc3cc2OCc2ccccc2)n1. The highest BCUT2D eigenvalue weighted by Gasteiger charge is 2.31. The fourth-order valence-electron chi connectivity index (χ4n) is 3.46. The highest BCUT2D eigenvalue weighted by Crippen LogP contribution is 2.38. The lowest BCUT2D eigenvalue weighted by molar-refractivity contribution is 0.307. The Labute approximate surface area is 193 Å². The Balaban J connectivity index is 1.84. The first-order valence-electron chi connectivity index (χ1n) is 10.5. The van der Waals surface area contributed by atoms with E-state index in [-0.39, 0.29) is 10.3 Å². The molecule has 0 aliphatic carbocycles. The fraction of sp³-hybridized carbons (Fsp3) is 0.240. The molecule has 0 amide bonds. The number of aromatic nitrogens is 1. The van der Waals surface area contributed by atoms with Crippen LogP contribution in [-0.4, -0.2) is 19.9 Å². The van der Waals surface area contributed by atoms with E-state index in [0.717, 1.165) is 27.7 Å². The molecule has 0 saturated carbocycles. The van der Waals surface area contributed by atoms with Gasteiger partial charge in [0.05, 0.1) is 5.69 Å². The minimum absolute atomic E-state index is 0.0952. The zero-order valence-corrected chi connectivity index (χ0v) is 20.0. The van der Waals surface area contributed by atoms with Gasteiger partial charge in [0.2, 0.25) is 4.34 Å². The van der Waals surface area contributed by atoms with Crippen molar-refractivity contribution >= 4 is 37.8 Å². The van der Waals surface area contributed by atoms with Crippen LogP contribution in [0.2, 0.25) is 0 Å². The molecule has 4 rings (SSSR count). The summed E-state index contributed by atoms with van der Waals surface area (Å²) in [5.74, 6) is 0.643. The van der Waals surface area contributed by atoms with E-state index in [2.05, 4.69) is 4.98 Å². The minimum Gasteiger partial charge on any atom is -0.487 e.